The van der Waals surface area contributed by atoms with E-state index in [1.54, 1.807) is 12.5 Å². The van der Waals surface area contributed by atoms with Gasteiger partial charge < -0.3 is 14.7 Å². The van der Waals surface area contributed by atoms with E-state index in [1.807, 2.05) is 30.7 Å². The van der Waals surface area contributed by atoms with E-state index < -0.39 is 0 Å². The molecule has 1 atom stereocenters. The van der Waals surface area contributed by atoms with Gasteiger partial charge in [-0.15, -0.1) is 0 Å². The summed E-state index contributed by atoms with van der Waals surface area (Å²) in [7, 11) is 0. The van der Waals surface area contributed by atoms with Crippen molar-refractivity contribution < 1.29 is 4.74 Å². The molecule has 0 aliphatic carbocycles. The lowest BCUT2D eigenvalue weighted by Crippen LogP contribution is -2.39. The van der Waals surface area contributed by atoms with E-state index in [9.17, 15) is 0 Å². The fourth-order valence-corrected chi connectivity index (χ4v) is 2.84. The Balaban J connectivity index is 1.56. The summed E-state index contributed by atoms with van der Waals surface area (Å²) in [6.07, 6.45) is 9.02. The molecule has 7 heteroatoms. The molecule has 1 aliphatic rings. The third-order valence-corrected chi connectivity index (χ3v) is 4.05. The zero-order valence-electron chi connectivity index (χ0n) is 12.6. The van der Waals surface area contributed by atoms with Gasteiger partial charge >= 0.3 is 0 Å². The predicted molar refractivity (Wildman–Crippen MR) is 84.4 cm³/mol. The van der Waals surface area contributed by atoms with Gasteiger partial charge in [0.15, 0.2) is 0 Å². The molecule has 0 aromatic carbocycles. The Morgan fingerprint density at radius 1 is 1.26 bits per heavy atom. The van der Waals surface area contributed by atoms with E-state index in [1.165, 1.54) is 0 Å². The number of imidazole rings is 2. The molecule has 0 spiro atoms. The third-order valence-electron chi connectivity index (χ3n) is 4.05. The molecule has 4 rings (SSSR count). The molecule has 4 heterocycles. The number of hydrogen-bond donors (Lipinski definition) is 2. The maximum atomic E-state index is 5.66. The molecule has 118 valence electrons. The van der Waals surface area contributed by atoms with E-state index >= 15 is 0 Å². The van der Waals surface area contributed by atoms with E-state index in [4.69, 9.17) is 4.74 Å². The summed E-state index contributed by atoms with van der Waals surface area (Å²) in [5.74, 6) is 0.920. The van der Waals surface area contributed by atoms with Gasteiger partial charge in [0.2, 0.25) is 0 Å². The first-order valence-corrected chi connectivity index (χ1v) is 7.64. The van der Waals surface area contributed by atoms with Crippen LogP contribution in [0.15, 0.2) is 43.2 Å². The number of nitrogens with one attached hydrogen (secondary N) is 2. The highest BCUT2D eigenvalue weighted by Crippen LogP contribution is 2.25. The molecule has 0 amide bonds. The van der Waals surface area contributed by atoms with Crippen molar-refractivity contribution in [3.05, 3.63) is 54.8 Å². The van der Waals surface area contributed by atoms with Crippen molar-refractivity contribution >= 4 is 0 Å². The van der Waals surface area contributed by atoms with Gasteiger partial charge in [-0.05, 0) is 12.1 Å². The van der Waals surface area contributed by atoms with Crippen LogP contribution in [0.2, 0.25) is 0 Å². The van der Waals surface area contributed by atoms with Gasteiger partial charge in [0, 0.05) is 42.9 Å². The van der Waals surface area contributed by atoms with Gasteiger partial charge in [0.05, 0.1) is 37.5 Å². The first-order valence-electron chi connectivity index (χ1n) is 7.64. The standard InChI is InChI=1S/C16H18N6O/c1-2-12(6-17-3-1)14-8-19-16(21-14)15-10-23-5-4-22(15)9-13-7-18-11-20-13/h1-3,6-8,11,15H,4-5,9-10H2,(H,18,20)(H,19,21). The number of rotatable bonds is 4. The maximum Gasteiger partial charge on any atom is 0.126 e. The minimum atomic E-state index is 0.109. The number of nitrogens with zero attached hydrogens (tertiary/aromatic N) is 4. The minimum Gasteiger partial charge on any atom is -0.378 e. The molecular formula is C16H18N6O. The lowest BCUT2D eigenvalue weighted by atomic mass is 10.2. The summed E-state index contributed by atoms with van der Waals surface area (Å²) in [4.78, 5) is 21.7. The smallest absolute Gasteiger partial charge is 0.126 e. The van der Waals surface area contributed by atoms with Crippen molar-refractivity contribution in [2.45, 2.75) is 12.6 Å². The summed E-state index contributed by atoms with van der Waals surface area (Å²) < 4.78 is 5.66. The van der Waals surface area contributed by atoms with Crippen molar-refractivity contribution in [2.24, 2.45) is 0 Å². The Labute approximate surface area is 133 Å². The van der Waals surface area contributed by atoms with Crippen LogP contribution in [0.1, 0.15) is 17.6 Å². The first-order chi connectivity index (χ1) is 11.4. The molecular weight excluding hydrogens is 292 g/mol. The monoisotopic (exact) mass is 310 g/mol. The second kappa shape index (κ2) is 6.31. The summed E-state index contributed by atoms with van der Waals surface area (Å²) in [6.45, 7) is 3.04. The molecule has 2 N–H and O–H groups in total. The van der Waals surface area contributed by atoms with Crippen LogP contribution in [0.3, 0.4) is 0 Å². The Hall–Kier alpha value is -2.51. The van der Waals surface area contributed by atoms with Gasteiger partial charge in [0.25, 0.3) is 0 Å². The van der Waals surface area contributed by atoms with Gasteiger partial charge in [0.1, 0.15) is 5.82 Å². The molecule has 23 heavy (non-hydrogen) atoms. The fraction of sp³-hybridized carbons (Fsp3) is 0.312. The number of aromatic amines is 2. The molecule has 0 saturated carbocycles. The van der Waals surface area contributed by atoms with Crippen LogP contribution in [0.25, 0.3) is 11.3 Å². The number of morpholine rings is 1. The van der Waals surface area contributed by atoms with Crippen LogP contribution in [-0.4, -0.2) is 49.6 Å². The first kappa shape index (κ1) is 14.1. The maximum absolute atomic E-state index is 5.66. The number of H-pyrrole nitrogens is 2. The van der Waals surface area contributed by atoms with E-state index in [0.717, 1.165) is 42.5 Å². The van der Waals surface area contributed by atoms with Gasteiger partial charge in [-0.2, -0.15) is 0 Å². The molecule has 3 aromatic rings. The molecule has 1 fully saturated rings. The van der Waals surface area contributed by atoms with Crippen molar-refractivity contribution in [1.29, 1.82) is 0 Å². The molecule has 0 radical (unpaired) electrons. The number of pyridine rings is 1. The van der Waals surface area contributed by atoms with Crippen molar-refractivity contribution in [3.8, 4) is 11.3 Å². The third kappa shape index (κ3) is 3.01. The number of hydrogen-bond acceptors (Lipinski definition) is 5. The quantitative estimate of drug-likeness (QED) is 0.767. The van der Waals surface area contributed by atoms with Crippen molar-refractivity contribution in [2.75, 3.05) is 19.8 Å². The van der Waals surface area contributed by atoms with Crippen LogP contribution >= 0.6 is 0 Å². The SMILES string of the molecule is c1cncc(-c2cnc(C3COCCN3Cc3cnc[nH]3)[nH]2)c1. The minimum absolute atomic E-state index is 0.109. The van der Waals surface area contributed by atoms with Crippen molar-refractivity contribution in [3.63, 3.8) is 0 Å². The molecule has 0 bridgehead atoms. The highest BCUT2D eigenvalue weighted by molar-refractivity contribution is 5.56. The van der Waals surface area contributed by atoms with Crippen LogP contribution in [-0.2, 0) is 11.3 Å². The summed E-state index contributed by atoms with van der Waals surface area (Å²) in [5.41, 5.74) is 3.10. The molecule has 1 saturated heterocycles. The van der Waals surface area contributed by atoms with E-state index in [0.29, 0.717) is 6.61 Å². The van der Waals surface area contributed by atoms with Crippen LogP contribution < -0.4 is 0 Å². The summed E-state index contributed by atoms with van der Waals surface area (Å²) >= 11 is 0. The van der Waals surface area contributed by atoms with Crippen molar-refractivity contribution in [1.82, 2.24) is 29.8 Å². The lowest BCUT2D eigenvalue weighted by molar-refractivity contribution is -0.0161. The van der Waals surface area contributed by atoms with Crippen LogP contribution in [0, 0.1) is 0 Å². The fourth-order valence-electron chi connectivity index (χ4n) is 2.84. The Morgan fingerprint density at radius 2 is 2.26 bits per heavy atom. The normalized spacial score (nSPS) is 19.0. The van der Waals surface area contributed by atoms with Crippen LogP contribution in [0.4, 0.5) is 0 Å². The lowest BCUT2D eigenvalue weighted by Gasteiger charge is -2.33. The number of ether oxygens (including phenoxy) is 1. The average Bonchev–Trinajstić information content (AvgIpc) is 3.28. The van der Waals surface area contributed by atoms with Gasteiger partial charge in [-0.25, -0.2) is 9.97 Å². The summed E-state index contributed by atoms with van der Waals surface area (Å²) in [5, 5.41) is 0. The highest BCUT2D eigenvalue weighted by Gasteiger charge is 2.27. The van der Waals surface area contributed by atoms with E-state index in [-0.39, 0.29) is 6.04 Å². The average molecular weight is 310 g/mol. The topological polar surface area (TPSA) is 82.7 Å². The van der Waals surface area contributed by atoms with Gasteiger partial charge in [-0.1, -0.05) is 0 Å². The second-order valence-corrected chi connectivity index (χ2v) is 5.56. The second-order valence-electron chi connectivity index (χ2n) is 5.56. The van der Waals surface area contributed by atoms with Crippen LogP contribution in [0.5, 0.6) is 0 Å². The molecule has 1 aliphatic heterocycles. The molecule has 1 unspecified atom stereocenters. The zero-order chi connectivity index (χ0) is 15.5. The Kier molecular flexibility index (Phi) is 3.87. The highest BCUT2D eigenvalue weighted by atomic mass is 16.5. The molecule has 7 nitrogen and oxygen atoms in total. The van der Waals surface area contributed by atoms with Gasteiger partial charge in [-0.3, -0.25) is 9.88 Å². The largest absolute Gasteiger partial charge is 0.378 e. The number of aromatic nitrogens is 5. The zero-order valence-corrected chi connectivity index (χ0v) is 12.6. The molecule has 3 aromatic heterocycles. The Bertz CT molecular complexity index is 739. The predicted octanol–water partition coefficient (Wildman–Crippen LogP) is 1.77. The van der Waals surface area contributed by atoms with E-state index in [2.05, 4.69) is 29.8 Å². The Morgan fingerprint density at radius 3 is 3.09 bits per heavy atom. The summed E-state index contributed by atoms with van der Waals surface area (Å²) in [6, 6.07) is 4.05.